The molecule has 2 unspecified atom stereocenters. The number of benzene rings is 1. The number of aliphatic hydroxyl groups excluding tert-OH is 1. The van der Waals surface area contributed by atoms with E-state index in [1.54, 1.807) is 4.90 Å². The first kappa shape index (κ1) is 15.7. The van der Waals surface area contributed by atoms with Crippen molar-refractivity contribution < 1.29 is 23.4 Å². The first-order valence-corrected chi connectivity index (χ1v) is 7.03. The molecule has 1 aromatic rings. The zero-order chi connectivity index (χ0) is 15.4. The molecule has 1 aromatic carbocycles. The van der Waals surface area contributed by atoms with E-state index in [1.165, 1.54) is 24.3 Å². The molecular formula is C15H19F2NO3. The van der Waals surface area contributed by atoms with Crippen molar-refractivity contribution in [2.75, 3.05) is 13.1 Å². The number of hydrogen-bond donors (Lipinski definition) is 1. The number of alkyl halides is 2. The highest BCUT2D eigenvalue weighted by molar-refractivity contribution is 5.94. The summed E-state index contributed by atoms with van der Waals surface area (Å²) in [5.41, 5.74) is 0.433. The van der Waals surface area contributed by atoms with Gasteiger partial charge in [0.05, 0.1) is 6.10 Å². The molecule has 0 bridgehead atoms. The maximum absolute atomic E-state index is 12.4. The molecule has 0 radical (unpaired) electrons. The number of nitrogens with zero attached hydrogens (tertiary/aromatic N) is 1. The zero-order valence-electron chi connectivity index (χ0n) is 11.8. The largest absolute Gasteiger partial charge is 0.435 e. The lowest BCUT2D eigenvalue weighted by molar-refractivity contribution is -0.0498. The second-order valence-corrected chi connectivity index (χ2v) is 5.18. The van der Waals surface area contributed by atoms with Gasteiger partial charge in [0, 0.05) is 24.6 Å². The quantitative estimate of drug-likeness (QED) is 0.929. The van der Waals surface area contributed by atoms with E-state index >= 15 is 0 Å². The molecule has 1 saturated heterocycles. The summed E-state index contributed by atoms with van der Waals surface area (Å²) in [6, 6.07) is 5.67. The van der Waals surface area contributed by atoms with Gasteiger partial charge in [0.1, 0.15) is 5.75 Å². The molecular weight excluding hydrogens is 280 g/mol. The summed E-state index contributed by atoms with van der Waals surface area (Å²) in [5.74, 6) is -0.0323. The van der Waals surface area contributed by atoms with Gasteiger partial charge in [-0.25, -0.2) is 0 Å². The van der Waals surface area contributed by atoms with Crippen LogP contribution in [0.3, 0.4) is 0 Å². The van der Waals surface area contributed by atoms with Crippen molar-refractivity contribution >= 4 is 5.91 Å². The topological polar surface area (TPSA) is 49.8 Å². The van der Waals surface area contributed by atoms with Crippen LogP contribution in [0.5, 0.6) is 5.75 Å². The molecule has 116 valence electrons. The van der Waals surface area contributed by atoms with Crippen LogP contribution in [0.15, 0.2) is 24.3 Å². The van der Waals surface area contributed by atoms with Crippen molar-refractivity contribution in [1.82, 2.24) is 4.90 Å². The van der Waals surface area contributed by atoms with Gasteiger partial charge in [-0.2, -0.15) is 8.78 Å². The number of piperidine rings is 1. The Morgan fingerprint density at radius 3 is 2.67 bits per heavy atom. The van der Waals surface area contributed by atoms with E-state index in [0.717, 1.165) is 6.42 Å². The van der Waals surface area contributed by atoms with Crippen molar-refractivity contribution in [1.29, 1.82) is 0 Å². The van der Waals surface area contributed by atoms with Crippen LogP contribution in [0.25, 0.3) is 0 Å². The van der Waals surface area contributed by atoms with Gasteiger partial charge in [0.25, 0.3) is 5.91 Å². The minimum atomic E-state index is -2.87. The molecule has 2 rings (SSSR count). The summed E-state index contributed by atoms with van der Waals surface area (Å²) < 4.78 is 28.4. The van der Waals surface area contributed by atoms with E-state index in [2.05, 4.69) is 4.74 Å². The number of amides is 1. The lowest BCUT2D eigenvalue weighted by Crippen LogP contribution is -2.45. The van der Waals surface area contributed by atoms with Crippen LogP contribution in [-0.4, -0.2) is 41.7 Å². The van der Waals surface area contributed by atoms with E-state index in [9.17, 15) is 18.7 Å². The molecule has 0 aromatic heterocycles. The Kier molecular flexibility index (Phi) is 5.12. The molecule has 1 N–H and O–H groups in total. The molecule has 21 heavy (non-hydrogen) atoms. The fourth-order valence-electron chi connectivity index (χ4n) is 2.57. The fraction of sp³-hybridized carbons (Fsp3) is 0.533. The third-order valence-corrected chi connectivity index (χ3v) is 3.83. The number of carbonyl (C=O) groups excluding carboxylic acids is 1. The highest BCUT2D eigenvalue weighted by atomic mass is 19.3. The first-order chi connectivity index (χ1) is 10.0. The Morgan fingerprint density at radius 2 is 2.10 bits per heavy atom. The molecule has 1 aliphatic rings. The monoisotopic (exact) mass is 299 g/mol. The number of hydrogen-bond acceptors (Lipinski definition) is 3. The van der Waals surface area contributed by atoms with E-state index in [-0.39, 0.29) is 23.7 Å². The Bertz CT molecular complexity index is 478. The van der Waals surface area contributed by atoms with Crippen molar-refractivity contribution in [3.63, 3.8) is 0 Å². The molecule has 1 fully saturated rings. The molecule has 0 saturated carbocycles. The van der Waals surface area contributed by atoms with Gasteiger partial charge < -0.3 is 14.7 Å². The van der Waals surface area contributed by atoms with E-state index in [1.807, 2.05) is 6.92 Å². The van der Waals surface area contributed by atoms with Crippen LogP contribution < -0.4 is 4.74 Å². The second kappa shape index (κ2) is 6.85. The third kappa shape index (κ3) is 3.91. The van der Waals surface area contributed by atoms with Gasteiger partial charge >= 0.3 is 6.61 Å². The average molecular weight is 299 g/mol. The maximum Gasteiger partial charge on any atom is 0.387 e. The van der Waals surface area contributed by atoms with Crippen LogP contribution >= 0.6 is 0 Å². The van der Waals surface area contributed by atoms with Gasteiger partial charge in [0.15, 0.2) is 0 Å². The number of carbonyl (C=O) groups is 1. The highest BCUT2D eigenvalue weighted by Gasteiger charge is 2.29. The van der Waals surface area contributed by atoms with E-state index in [0.29, 0.717) is 25.1 Å². The fourth-order valence-corrected chi connectivity index (χ4v) is 2.57. The van der Waals surface area contributed by atoms with Crippen LogP contribution in [0.1, 0.15) is 30.1 Å². The molecule has 4 nitrogen and oxygen atoms in total. The molecule has 6 heteroatoms. The summed E-state index contributed by atoms with van der Waals surface area (Å²) in [6.45, 7) is 0.135. The lowest BCUT2D eigenvalue weighted by Gasteiger charge is -2.35. The van der Waals surface area contributed by atoms with Gasteiger partial charge in [0.2, 0.25) is 0 Å². The SMILES string of the molecule is CCC1CN(C(=O)c2ccc(OC(F)F)cc2)CCC1O. The molecule has 0 aliphatic carbocycles. The predicted molar refractivity (Wildman–Crippen MR) is 73.4 cm³/mol. The summed E-state index contributed by atoms with van der Waals surface area (Å²) >= 11 is 0. The Morgan fingerprint density at radius 1 is 1.43 bits per heavy atom. The average Bonchev–Trinajstić information content (AvgIpc) is 2.47. The Labute approximate surface area is 122 Å². The Balaban J connectivity index is 2.02. The first-order valence-electron chi connectivity index (χ1n) is 7.03. The van der Waals surface area contributed by atoms with Crippen LogP contribution in [0, 0.1) is 5.92 Å². The molecule has 1 aliphatic heterocycles. The van der Waals surface area contributed by atoms with Crippen LogP contribution in [0.4, 0.5) is 8.78 Å². The number of halogens is 2. The van der Waals surface area contributed by atoms with Gasteiger partial charge in [-0.15, -0.1) is 0 Å². The van der Waals surface area contributed by atoms with Crippen molar-refractivity contribution in [3.8, 4) is 5.75 Å². The van der Waals surface area contributed by atoms with Gasteiger partial charge in [-0.1, -0.05) is 6.92 Å². The zero-order valence-corrected chi connectivity index (χ0v) is 11.8. The standard InChI is InChI=1S/C15H19F2NO3/c1-2-10-9-18(8-7-13(10)19)14(20)11-3-5-12(6-4-11)21-15(16)17/h3-6,10,13,15,19H,2,7-9H2,1H3. The second-order valence-electron chi connectivity index (χ2n) is 5.18. The summed E-state index contributed by atoms with van der Waals surface area (Å²) in [7, 11) is 0. The molecule has 0 spiro atoms. The smallest absolute Gasteiger partial charge is 0.387 e. The third-order valence-electron chi connectivity index (χ3n) is 3.83. The van der Waals surface area contributed by atoms with Gasteiger partial charge in [-0.05, 0) is 37.1 Å². The Hall–Kier alpha value is -1.69. The minimum Gasteiger partial charge on any atom is -0.435 e. The molecule has 2 atom stereocenters. The lowest BCUT2D eigenvalue weighted by atomic mass is 9.92. The van der Waals surface area contributed by atoms with Crippen molar-refractivity contribution in [3.05, 3.63) is 29.8 Å². The van der Waals surface area contributed by atoms with Crippen LogP contribution in [-0.2, 0) is 0 Å². The van der Waals surface area contributed by atoms with E-state index < -0.39 is 6.61 Å². The molecule has 1 amide bonds. The number of likely N-dealkylation sites (tertiary alicyclic amines) is 1. The van der Waals surface area contributed by atoms with Crippen molar-refractivity contribution in [2.24, 2.45) is 5.92 Å². The number of rotatable bonds is 4. The molecule has 1 heterocycles. The number of aliphatic hydroxyl groups is 1. The highest BCUT2D eigenvalue weighted by Crippen LogP contribution is 2.22. The summed E-state index contributed by atoms with van der Waals surface area (Å²) in [5, 5.41) is 9.83. The predicted octanol–water partition coefficient (Wildman–Crippen LogP) is 2.52. The minimum absolute atomic E-state index is 0.0297. The van der Waals surface area contributed by atoms with Crippen LogP contribution in [0.2, 0.25) is 0 Å². The number of ether oxygens (including phenoxy) is 1. The summed E-state index contributed by atoms with van der Waals surface area (Å²) in [6.07, 6.45) is 1.02. The normalized spacial score (nSPS) is 22.4. The van der Waals surface area contributed by atoms with Crippen molar-refractivity contribution in [2.45, 2.75) is 32.5 Å². The van der Waals surface area contributed by atoms with Gasteiger partial charge in [-0.3, -0.25) is 4.79 Å². The maximum atomic E-state index is 12.4. The van der Waals surface area contributed by atoms with E-state index in [4.69, 9.17) is 0 Å². The summed E-state index contributed by atoms with van der Waals surface area (Å²) in [4.78, 5) is 14.1.